The van der Waals surface area contributed by atoms with Crippen molar-refractivity contribution in [1.29, 1.82) is 0 Å². The van der Waals surface area contributed by atoms with Crippen LogP contribution in [0.1, 0.15) is 23.3 Å². The second-order valence-electron chi connectivity index (χ2n) is 9.71. The molecule has 41 heavy (non-hydrogen) atoms. The standard InChI is InChI=1S/C32H38N2O6S/c1-5-39-29(35)22-40-30-31(24-13-15-25(37-3)16-14-24)41-28-12-7-6-11-27(28)34(32(30)36)20-19-33(2)18-17-23-9-8-10-26(21-23)38-4/h6-16,21,30-31H,5,17-20,22H2,1-4H3/t30-,31+/m0/s1. The quantitative estimate of drug-likeness (QED) is 0.262. The monoisotopic (exact) mass is 578 g/mol. The molecule has 1 aliphatic heterocycles. The predicted molar refractivity (Wildman–Crippen MR) is 161 cm³/mol. The minimum Gasteiger partial charge on any atom is -0.497 e. The van der Waals surface area contributed by atoms with Gasteiger partial charge in [-0.15, -0.1) is 11.8 Å². The van der Waals surface area contributed by atoms with Gasteiger partial charge in [0.1, 0.15) is 18.1 Å². The van der Waals surface area contributed by atoms with E-state index in [1.165, 1.54) is 5.56 Å². The first-order valence-corrected chi connectivity index (χ1v) is 14.6. The molecular weight excluding hydrogens is 540 g/mol. The number of carbonyl (C=O) groups is 2. The van der Waals surface area contributed by atoms with Gasteiger partial charge in [0.25, 0.3) is 5.91 Å². The van der Waals surface area contributed by atoms with Crippen LogP contribution in [0.2, 0.25) is 0 Å². The van der Waals surface area contributed by atoms with Gasteiger partial charge in [0.05, 0.1) is 31.8 Å². The van der Waals surface area contributed by atoms with Crippen molar-refractivity contribution in [2.24, 2.45) is 0 Å². The van der Waals surface area contributed by atoms with E-state index in [9.17, 15) is 9.59 Å². The molecule has 0 bridgehead atoms. The molecule has 1 amide bonds. The summed E-state index contributed by atoms with van der Waals surface area (Å²) in [6.07, 6.45) is -0.0360. The number of carbonyl (C=O) groups excluding carboxylic acids is 2. The lowest BCUT2D eigenvalue weighted by atomic mass is 10.1. The lowest BCUT2D eigenvalue weighted by Crippen LogP contribution is -2.45. The molecule has 1 heterocycles. The Hall–Kier alpha value is -3.53. The fraction of sp³-hybridized carbons (Fsp3) is 0.375. The van der Waals surface area contributed by atoms with Crippen molar-refractivity contribution in [3.63, 3.8) is 0 Å². The van der Waals surface area contributed by atoms with Crippen molar-refractivity contribution in [1.82, 2.24) is 4.90 Å². The smallest absolute Gasteiger partial charge is 0.332 e. The van der Waals surface area contributed by atoms with Crippen molar-refractivity contribution in [2.75, 3.05) is 59.0 Å². The Balaban J connectivity index is 1.55. The molecular formula is C32H38N2O6S. The minimum absolute atomic E-state index is 0.186. The Morgan fingerprint density at radius 2 is 1.71 bits per heavy atom. The second-order valence-corrected chi connectivity index (χ2v) is 10.9. The molecule has 3 aromatic rings. The first-order valence-electron chi connectivity index (χ1n) is 13.7. The van der Waals surface area contributed by atoms with Crippen molar-refractivity contribution in [3.05, 3.63) is 83.9 Å². The van der Waals surface area contributed by atoms with Crippen molar-refractivity contribution in [3.8, 4) is 11.5 Å². The molecule has 3 aromatic carbocycles. The summed E-state index contributed by atoms with van der Waals surface area (Å²) in [5, 5.41) is -0.375. The fourth-order valence-electron chi connectivity index (χ4n) is 4.70. The van der Waals surface area contributed by atoms with Gasteiger partial charge in [0.2, 0.25) is 0 Å². The maximum absolute atomic E-state index is 14.2. The summed E-state index contributed by atoms with van der Waals surface area (Å²) in [7, 11) is 5.34. The number of ether oxygens (including phenoxy) is 4. The number of anilines is 1. The van der Waals surface area contributed by atoms with Crippen LogP contribution in [-0.2, 0) is 25.5 Å². The van der Waals surface area contributed by atoms with E-state index in [0.717, 1.165) is 40.6 Å². The molecule has 0 radical (unpaired) electrons. The summed E-state index contributed by atoms with van der Waals surface area (Å²) in [6.45, 7) is 3.64. The summed E-state index contributed by atoms with van der Waals surface area (Å²) in [4.78, 5) is 31.4. The highest BCUT2D eigenvalue weighted by Gasteiger charge is 2.39. The molecule has 0 saturated heterocycles. The molecule has 4 rings (SSSR count). The number of methoxy groups -OCH3 is 2. The van der Waals surface area contributed by atoms with E-state index in [2.05, 4.69) is 18.0 Å². The highest BCUT2D eigenvalue weighted by atomic mass is 32.2. The van der Waals surface area contributed by atoms with E-state index in [-0.39, 0.29) is 24.4 Å². The molecule has 0 saturated carbocycles. The molecule has 0 aliphatic carbocycles. The second kappa shape index (κ2) is 14.9. The number of rotatable bonds is 13. The van der Waals surface area contributed by atoms with Crippen LogP contribution in [0, 0.1) is 0 Å². The van der Waals surface area contributed by atoms with E-state index in [1.807, 2.05) is 66.7 Å². The van der Waals surface area contributed by atoms with E-state index in [0.29, 0.717) is 13.1 Å². The first kappa shape index (κ1) is 30.4. The van der Waals surface area contributed by atoms with Crippen LogP contribution in [0.4, 0.5) is 5.69 Å². The highest BCUT2D eigenvalue weighted by Crippen LogP contribution is 2.46. The summed E-state index contributed by atoms with van der Waals surface area (Å²) in [5.74, 6) is 0.884. The molecule has 0 spiro atoms. The van der Waals surface area contributed by atoms with E-state index in [1.54, 1.807) is 37.8 Å². The summed E-state index contributed by atoms with van der Waals surface area (Å²) < 4.78 is 21.8. The van der Waals surface area contributed by atoms with Gasteiger partial charge < -0.3 is 28.7 Å². The fourth-order valence-corrected chi connectivity index (χ4v) is 6.04. The van der Waals surface area contributed by atoms with E-state index >= 15 is 0 Å². The predicted octanol–water partition coefficient (Wildman–Crippen LogP) is 5.01. The third kappa shape index (κ3) is 8.03. The average Bonchev–Trinajstić information content (AvgIpc) is 3.11. The lowest BCUT2D eigenvalue weighted by molar-refractivity contribution is -0.152. The zero-order valence-corrected chi connectivity index (χ0v) is 24.9. The van der Waals surface area contributed by atoms with Crippen LogP contribution >= 0.6 is 11.8 Å². The summed E-state index contributed by atoms with van der Waals surface area (Å²) in [6, 6.07) is 23.6. The van der Waals surface area contributed by atoms with Gasteiger partial charge in [-0.25, -0.2) is 4.79 Å². The van der Waals surface area contributed by atoms with Gasteiger partial charge in [-0.3, -0.25) is 4.79 Å². The molecule has 8 nitrogen and oxygen atoms in total. The average molecular weight is 579 g/mol. The van der Waals surface area contributed by atoms with Crippen LogP contribution < -0.4 is 14.4 Å². The summed E-state index contributed by atoms with van der Waals surface area (Å²) in [5.41, 5.74) is 2.94. The van der Waals surface area contributed by atoms with Gasteiger partial charge in [-0.2, -0.15) is 0 Å². The maximum atomic E-state index is 14.2. The number of thioether (sulfide) groups is 1. The maximum Gasteiger partial charge on any atom is 0.332 e. The van der Waals surface area contributed by atoms with Crippen LogP contribution in [0.15, 0.2) is 77.7 Å². The van der Waals surface area contributed by atoms with Crippen LogP contribution in [0.25, 0.3) is 0 Å². The molecule has 9 heteroatoms. The Morgan fingerprint density at radius 1 is 0.951 bits per heavy atom. The van der Waals surface area contributed by atoms with Crippen molar-refractivity contribution in [2.45, 2.75) is 29.6 Å². The van der Waals surface area contributed by atoms with Crippen LogP contribution in [0.3, 0.4) is 0 Å². The molecule has 218 valence electrons. The summed E-state index contributed by atoms with van der Waals surface area (Å²) >= 11 is 1.56. The third-order valence-electron chi connectivity index (χ3n) is 6.95. The number of esters is 1. The Morgan fingerprint density at radius 3 is 2.44 bits per heavy atom. The Bertz CT molecular complexity index is 1300. The normalized spacial score (nSPS) is 16.7. The zero-order chi connectivity index (χ0) is 29.2. The van der Waals surface area contributed by atoms with E-state index < -0.39 is 12.1 Å². The number of hydrogen-bond donors (Lipinski definition) is 0. The van der Waals surface area contributed by atoms with Gasteiger partial charge in [-0.1, -0.05) is 36.4 Å². The molecule has 0 fully saturated rings. The molecule has 0 aromatic heterocycles. The Labute approximate surface area is 246 Å². The van der Waals surface area contributed by atoms with Gasteiger partial charge >= 0.3 is 5.97 Å². The number of likely N-dealkylation sites (N-methyl/N-ethyl adjacent to an activating group) is 1. The number of fused-ring (bicyclic) bond motifs is 1. The largest absolute Gasteiger partial charge is 0.497 e. The third-order valence-corrected chi connectivity index (χ3v) is 8.32. The number of nitrogens with zero attached hydrogens (tertiary/aromatic N) is 2. The van der Waals surface area contributed by atoms with Crippen LogP contribution in [-0.4, -0.2) is 77.0 Å². The van der Waals surface area contributed by atoms with Crippen molar-refractivity contribution >= 4 is 29.3 Å². The molecule has 0 N–H and O–H groups in total. The first-order chi connectivity index (χ1) is 19.9. The topological polar surface area (TPSA) is 77.5 Å². The van der Waals surface area contributed by atoms with E-state index in [4.69, 9.17) is 18.9 Å². The lowest BCUT2D eigenvalue weighted by Gasteiger charge is -2.29. The van der Waals surface area contributed by atoms with Gasteiger partial charge in [0, 0.05) is 24.5 Å². The molecule has 2 atom stereocenters. The van der Waals surface area contributed by atoms with Gasteiger partial charge in [0.15, 0.2) is 6.10 Å². The molecule has 0 unspecified atom stereocenters. The minimum atomic E-state index is -0.896. The SMILES string of the molecule is CCOC(=O)CO[C@@H]1C(=O)N(CCN(C)CCc2cccc(OC)c2)c2ccccc2S[C@@H]1c1ccc(OC)cc1. The Kier molecular flexibility index (Phi) is 11.1. The van der Waals surface area contributed by atoms with Gasteiger partial charge in [-0.05, 0) is 67.9 Å². The number of amides is 1. The number of para-hydroxylation sites is 1. The number of hydrogen-bond acceptors (Lipinski definition) is 8. The highest BCUT2D eigenvalue weighted by molar-refractivity contribution is 7.99. The van der Waals surface area contributed by atoms with Crippen molar-refractivity contribution < 1.29 is 28.5 Å². The zero-order valence-electron chi connectivity index (χ0n) is 24.1. The number of benzene rings is 3. The molecule has 1 aliphatic rings. The van der Waals surface area contributed by atoms with Crippen LogP contribution in [0.5, 0.6) is 11.5 Å².